The first-order chi connectivity index (χ1) is 12.9. The number of hydrogen-bond acceptors (Lipinski definition) is 5. The van der Waals surface area contributed by atoms with Gasteiger partial charge in [0, 0.05) is 17.7 Å². The smallest absolute Gasteiger partial charge is 0.277 e. The Morgan fingerprint density at radius 1 is 1.26 bits per heavy atom. The molecule has 8 nitrogen and oxygen atoms in total. The van der Waals surface area contributed by atoms with Gasteiger partial charge < -0.3 is 0 Å². The third-order valence-electron chi connectivity index (χ3n) is 4.40. The molecule has 3 rings (SSSR count). The number of nitrogens with zero attached hydrogens (tertiary/aromatic N) is 5. The summed E-state index contributed by atoms with van der Waals surface area (Å²) in [5.74, 6) is 0.391. The van der Waals surface area contributed by atoms with E-state index in [0.717, 1.165) is 5.56 Å². The van der Waals surface area contributed by atoms with Gasteiger partial charge in [0.15, 0.2) is 0 Å². The van der Waals surface area contributed by atoms with Crippen LogP contribution >= 0.6 is 0 Å². The lowest BCUT2D eigenvalue weighted by Crippen LogP contribution is -2.31. The molecule has 0 saturated heterocycles. The minimum absolute atomic E-state index is 0.109. The zero-order chi connectivity index (χ0) is 19.6. The van der Waals surface area contributed by atoms with Crippen LogP contribution in [0.5, 0.6) is 0 Å². The van der Waals surface area contributed by atoms with Crippen molar-refractivity contribution >= 4 is 17.6 Å². The number of amides is 1. The number of carbonyl (C=O) groups excluding carboxylic acids is 1. The molecular weight excluding hydrogens is 344 g/mol. The molecule has 1 amide bonds. The summed E-state index contributed by atoms with van der Waals surface area (Å²) in [4.78, 5) is 35.3. The van der Waals surface area contributed by atoms with Crippen LogP contribution in [0.4, 0.5) is 5.95 Å². The number of benzene rings is 1. The second kappa shape index (κ2) is 7.41. The van der Waals surface area contributed by atoms with E-state index >= 15 is 0 Å². The second-order valence-electron chi connectivity index (χ2n) is 6.35. The molecule has 0 spiro atoms. The zero-order valence-electron chi connectivity index (χ0n) is 15.5. The molecular formula is C19H20N6O2. The van der Waals surface area contributed by atoms with Crippen molar-refractivity contribution in [1.29, 1.82) is 5.26 Å². The second-order valence-corrected chi connectivity index (χ2v) is 6.35. The quantitative estimate of drug-likeness (QED) is 0.747. The van der Waals surface area contributed by atoms with E-state index < -0.39 is 0 Å². The van der Waals surface area contributed by atoms with Crippen molar-refractivity contribution in [2.45, 2.75) is 40.2 Å². The molecule has 0 aliphatic heterocycles. The Morgan fingerprint density at radius 2 is 1.96 bits per heavy atom. The summed E-state index contributed by atoms with van der Waals surface area (Å²) in [6.07, 6.45) is 1.05. The van der Waals surface area contributed by atoms with Gasteiger partial charge in [-0.05, 0) is 38.0 Å². The Labute approximate surface area is 156 Å². The van der Waals surface area contributed by atoms with Crippen molar-refractivity contribution in [2.75, 3.05) is 4.90 Å². The summed E-state index contributed by atoms with van der Waals surface area (Å²) in [7, 11) is 0. The highest BCUT2D eigenvalue weighted by atomic mass is 16.2. The van der Waals surface area contributed by atoms with Crippen molar-refractivity contribution in [3.63, 3.8) is 0 Å². The maximum atomic E-state index is 12.7. The molecule has 0 saturated carbocycles. The summed E-state index contributed by atoms with van der Waals surface area (Å²) >= 11 is 0. The standard InChI is InChI=1S/C19H20N6O2/c1-4-5-16(26)24(11-15-8-6-14(10-20)7-9-15)19-22-18-21-13(3)12(2)17(27)25(18)23-19/h6-9H,4-5,11H2,1-3H3,(H,21,22,23). The van der Waals surface area contributed by atoms with Crippen molar-refractivity contribution in [1.82, 2.24) is 19.6 Å². The highest BCUT2D eigenvalue weighted by Crippen LogP contribution is 2.16. The number of anilines is 1. The third kappa shape index (κ3) is 3.58. The molecule has 27 heavy (non-hydrogen) atoms. The SMILES string of the molecule is CCCC(=O)N(Cc1ccc(C#N)cc1)c1nc2nc(C)c(C)c(=O)n2[nH]1. The van der Waals surface area contributed by atoms with Crippen LogP contribution in [0.1, 0.15) is 42.1 Å². The van der Waals surface area contributed by atoms with Crippen LogP contribution in [0.15, 0.2) is 29.1 Å². The van der Waals surface area contributed by atoms with E-state index in [1.165, 1.54) is 9.42 Å². The number of aryl methyl sites for hydroxylation is 1. The van der Waals surface area contributed by atoms with Crippen LogP contribution in [-0.2, 0) is 11.3 Å². The number of nitrogens with one attached hydrogen (secondary N) is 1. The highest BCUT2D eigenvalue weighted by Gasteiger charge is 2.21. The van der Waals surface area contributed by atoms with Gasteiger partial charge in [-0.3, -0.25) is 19.6 Å². The molecule has 0 radical (unpaired) electrons. The van der Waals surface area contributed by atoms with Crippen LogP contribution < -0.4 is 10.5 Å². The van der Waals surface area contributed by atoms with Crippen molar-refractivity contribution < 1.29 is 4.79 Å². The molecule has 8 heteroatoms. The number of H-pyrrole nitrogens is 1. The maximum absolute atomic E-state index is 12.7. The molecule has 138 valence electrons. The zero-order valence-corrected chi connectivity index (χ0v) is 15.5. The van der Waals surface area contributed by atoms with Gasteiger partial charge in [-0.25, -0.2) is 4.98 Å². The van der Waals surface area contributed by atoms with E-state index in [-0.39, 0.29) is 29.7 Å². The summed E-state index contributed by atoms with van der Waals surface area (Å²) in [5.41, 5.74) is 2.30. The number of aromatic nitrogens is 4. The van der Waals surface area contributed by atoms with Crippen molar-refractivity contribution in [3.05, 3.63) is 57.0 Å². The molecule has 1 aromatic carbocycles. The molecule has 0 bridgehead atoms. The minimum Gasteiger partial charge on any atom is -0.277 e. The third-order valence-corrected chi connectivity index (χ3v) is 4.40. The van der Waals surface area contributed by atoms with Crippen molar-refractivity contribution in [3.8, 4) is 6.07 Å². The molecule has 0 atom stereocenters. The monoisotopic (exact) mass is 364 g/mol. The summed E-state index contributed by atoms with van der Waals surface area (Å²) in [6.45, 7) is 5.66. The average Bonchev–Trinajstić information content (AvgIpc) is 3.08. The fourth-order valence-corrected chi connectivity index (χ4v) is 2.71. The lowest BCUT2D eigenvalue weighted by molar-refractivity contribution is -0.118. The van der Waals surface area contributed by atoms with E-state index in [1.54, 1.807) is 38.1 Å². The van der Waals surface area contributed by atoms with E-state index in [9.17, 15) is 9.59 Å². The van der Waals surface area contributed by atoms with Gasteiger partial charge >= 0.3 is 0 Å². The Hall–Kier alpha value is -3.47. The molecule has 1 N–H and O–H groups in total. The van der Waals surface area contributed by atoms with Crippen molar-refractivity contribution in [2.24, 2.45) is 0 Å². The number of aromatic amines is 1. The minimum atomic E-state index is -0.238. The van der Waals surface area contributed by atoms with Gasteiger partial charge in [-0.1, -0.05) is 19.1 Å². The predicted octanol–water partition coefficient (Wildman–Crippen LogP) is 2.24. The fourth-order valence-electron chi connectivity index (χ4n) is 2.71. The maximum Gasteiger partial charge on any atom is 0.277 e. The van der Waals surface area contributed by atoms with E-state index in [2.05, 4.69) is 21.1 Å². The number of carbonyl (C=O) groups is 1. The lowest BCUT2D eigenvalue weighted by atomic mass is 10.1. The molecule has 0 unspecified atom stereocenters. The van der Waals surface area contributed by atoms with Gasteiger partial charge in [-0.15, -0.1) is 0 Å². The Balaban J connectivity index is 2.03. The van der Waals surface area contributed by atoms with E-state index in [4.69, 9.17) is 5.26 Å². The molecule has 0 aliphatic rings. The molecule has 0 aliphatic carbocycles. The summed E-state index contributed by atoms with van der Waals surface area (Å²) < 4.78 is 1.25. The van der Waals surface area contributed by atoms with Gasteiger partial charge in [-0.2, -0.15) is 14.8 Å². The van der Waals surface area contributed by atoms with E-state index in [0.29, 0.717) is 29.7 Å². The van der Waals surface area contributed by atoms with Gasteiger partial charge in [0.2, 0.25) is 11.9 Å². The van der Waals surface area contributed by atoms with Crippen LogP contribution in [0, 0.1) is 25.2 Å². The number of rotatable bonds is 5. The lowest BCUT2D eigenvalue weighted by Gasteiger charge is -2.19. The first-order valence-corrected chi connectivity index (χ1v) is 8.70. The Bertz CT molecular complexity index is 1090. The Morgan fingerprint density at radius 3 is 2.59 bits per heavy atom. The summed E-state index contributed by atoms with van der Waals surface area (Å²) in [6, 6.07) is 9.07. The van der Waals surface area contributed by atoms with Gasteiger partial charge in [0.25, 0.3) is 11.3 Å². The molecule has 2 heterocycles. The first-order valence-electron chi connectivity index (χ1n) is 8.70. The number of fused-ring (bicyclic) bond motifs is 1. The fraction of sp³-hybridized carbons (Fsp3) is 0.316. The molecule has 3 aromatic rings. The van der Waals surface area contributed by atoms with Crippen LogP contribution in [0.3, 0.4) is 0 Å². The Kier molecular flexibility index (Phi) is 5.03. The molecule has 0 fully saturated rings. The topological polar surface area (TPSA) is 107 Å². The van der Waals surface area contributed by atoms with E-state index in [1.807, 2.05) is 6.92 Å². The van der Waals surface area contributed by atoms with Crippen LogP contribution in [0.25, 0.3) is 5.78 Å². The largest absolute Gasteiger partial charge is 0.277 e. The first kappa shape index (κ1) is 18.3. The highest BCUT2D eigenvalue weighted by molar-refractivity contribution is 5.91. The van der Waals surface area contributed by atoms with Crippen LogP contribution in [0.2, 0.25) is 0 Å². The number of hydrogen-bond donors (Lipinski definition) is 1. The molecule has 2 aromatic heterocycles. The van der Waals surface area contributed by atoms with Crippen LogP contribution in [-0.4, -0.2) is 25.5 Å². The van der Waals surface area contributed by atoms with Gasteiger partial charge in [0.1, 0.15) is 0 Å². The predicted molar refractivity (Wildman–Crippen MR) is 100 cm³/mol. The number of nitriles is 1. The van der Waals surface area contributed by atoms with Gasteiger partial charge in [0.05, 0.1) is 18.2 Å². The summed E-state index contributed by atoms with van der Waals surface area (Å²) in [5, 5.41) is 11.8. The average molecular weight is 364 g/mol. The normalized spacial score (nSPS) is 10.7.